The van der Waals surface area contributed by atoms with Crippen LogP contribution < -0.4 is 5.32 Å². The summed E-state index contributed by atoms with van der Waals surface area (Å²) >= 11 is 0. The van der Waals surface area contributed by atoms with Gasteiger partial charge in [0.15, 0.2) is 0 Å². The molecular weight excluding hydrogens is 353 g/mol. The number of phenolic OH excluding ortho intramolecular Hbond substituents is 1. The minimum absolute atomic E-state index is 0.0138. The lowest BCUT2D eigenvalue weighted by molar-refractivity contribution is 0.0942. The van der Waals surface area contributed by atoms with Crippen molar-refractivity contribution in [2.24, 2.45) is 5.41 Å². The maximum atomic E-state index is 14.9. The Morgan fingerprint density at radius 2 is 2.00 bits per heavy atom. The van der Waals surface area contributed by atoms with Crippen molar-refractivity contribution in [1.82, 2.24) is 5.32 Å². The van der Waals surface area contributed by atoms with E-state index in [9.17, 15) is 14.3 Å². The maximum Gasteiger partial charge on any atom is 0.251 e. The number of halogens is 1. The molecule has 3 nitrogen and oxygen atoms in total. The Morgan fingerprint density at radius 1 is 1.32 bits per heavy atom. The zero-order valence-electron chi connectivity index (χ0n) is 17.8. The lowest BCUT2D eigenvalue weighted by Gasteiger charge is -2.33. The molecule has 1 amide bonds. The van der Waals surface area contributed by atoms with Crippen LogP contribution in [0.5, 0.6) is 5.75 Å². The molecule has 152 valence electrons. The highest BCUT2D eigenvalue weighted by Crippen LogP contribution is 2.41. The molecule has 2 N–H and O–H groups in total. The number of hydrogen-bond donors (Lipinski definition) is 2. The lowest BCUT2D eigenvalue weighted by atomic mass is 9.72. The fourth-order valence-corrected chi connectivity index (χ4v) is 3.71. The molecule has 0 heterocycles. The molecular formula is C24H32FNO2. The number of allylic oxidation sites excluding steroid dienone is 5. The quantitative estimate of drug-likeness (QED) is 0.583. The number of hydrogen-bond acceptors (Lipinski definition) is 2. The Hall–Kier alpha value is -2.36. The molecule has 0 atom stereocenters. The Kier molecular flexibility index (Phi) is 6.87. The maximum absolute atomic E-state index is 14.9. The van der Waals surface area contributed by atoms with E-state index in [4.69, 9.17) is 0 Å². The zero-order valence-corrected chi connectivity index (χ0v) is 17.8. The van der Waals surface area contributed by atoms with Gasteiger partial charge in [0.05, 0.1) is 5.56 Å². The van der Waals surface area contributed by atoms with Crippen LogP contribution in [0, 0.1) is 5.41 Å². The van der Waals surface area contributed by atoms with E-state index in [2.05, 4.69) is 26.1 Å². The molecule has 28 heavy (non-hydrogen) atoms. The van der Waals surface area contributed by atoms with Gasteiger partial charge in [-0.25, -0.2) is 4.39 Å². The number of carbonyl (C=O) groups excluding carboxylic acids is 1. The third-order valence-corrected chi connectivity index (χ3v) is 5.30. The van der Waals surface area contributed by atoms with Gasteiger partial charge in [-0.3, -0.25) is 4.79 Å². The van der Waals surface area contributed by atoms with Gasteiger partial charge in [0, 0.05) is 11.6 Å². The van der Waals surface area contributed by atoms with Crippen LogP contribution in [0.1, 0.15) is 76.7 Å². The number of aromatic hydroxyl groups is 1. The predicted octanol–water partition coefficient (Wildman–Crippen LogP) is 6.31. The first-order valence-electron chi connectivity index (χ1n) is 9.92. The summed E-state index contributed by atoms with van der Waals surface area (Å²) in [5.41, 5.74) is 3.54. The largest absolute Gasteiger partial charge is 0.507 e. The Morgan fingerprint density at radius 3 is 2.57 bits per heavy atom. The summed E-state index contributed by atoms with van der Waals surface area (Å²) in [5.74, 6) is -1.02. The Bertz CT molecular complexity index is 844. The van der Waals surface area contributed by atoms with Gasteiger partial charge in [-0.05, 0) is 81.7 Å². The van der Waals surface area contributed by atoms with Crippen LogP contribution in [0.3, 0.4) is 0 Å². The van der Waals surface area contributed by atoms with Gasteiger partial charge in [-0.1, -0.05) is 31.6 Å². The first-order chi connectivity index (χ1) is 13.0. The molecule has 1 aliphatic rings. The minimum Gasteiger partial charge on any atom is -0.507 e. The molecule has 2 rings (SSSR count). The standard InChI is InChI=1S/C24H32FNO2/c1-15(2)26-23(28)18-10-11-19(21(27)14-18)22(25)17(4)9-12-20-16(3)8-7-13-24(20,5)6/h9-12,14-15,27H,7-8,13H2,1-6H3,(H,26,28)/b12-9+,22-17-. The number of rotatable bonds is 5. The summed E-state index contributed by atoms with van der Waals surface area (Å²) < 4.78 is 14.9. The van der Waals surface area contributed by atoms with Crippen molar-refractivity contribution in [3.63, 3.8) is 0 Å². The summed E-state index contributed by atoms with van der Waals surface area (Å²) in [4.78, 5) is 12.0. The second-order valence-electron chi connectivity index (χ2n) is 8.62. The fourth-order valence-electron chi connectivity index (χ4n) is 3.71. The third kappa shape index (κ3) is 5.12. The normalized spacial score (nSPS) is 17.9. The van der Waals surface area contributed by atoms with Crippen molar-refractivity contribution in [3.8, 4) is 5.75 Å². The Labute approximate surface area is 168 Å². The number of nitrogens with one attached hydrogen (secondary N) is 1. The van der Waals surface area contributed by atoms with Crippen molar-refractivity contribution < 1.29 is 14.3 Å². The van der Waals surface area contributed by atoms with Crippen LogP contribution in [0.4, 0.5) is 4.39 Å². The van der Waals surface area contributed by atoms with Crippen LogP contribution in [0.15, 0.2) is 47.1 Å². The number of phenols is 1. The van der Waals surface area contributed by atoms with Gasteiger partial charge in [-0.2, -0.15) is 0 Å². The molecule has 0 aromatic heterocycles. The monoisotopic (exact) mass is 385 g/mol. The number of benzene rings is 1. The highest BCUT2D eigenvalue weighted by Gasteiger charge is 2.26. The summed E-state index contributed by atoms with van der Waals surface area (Å²) in [6.07, 6.45) is 7.17. The van der Waals surface area contributed by atoms with Crippen LogP contribution in [-0.2, 0) is 0 Å². The molecule has 1 aromatic carbocycles. The molecule has 0 radical (unpaired) electrons. The van der Waals surface area contributed by atoms with Crippen LogP contribution in [-0.4, -0.2) is 17.1 Å². The average molecular weight is 386 g/mol. The van der Waals surface area contributed by atoms with E-state index in [1.165, 1.54) is 35.8 Å². The second kappa shape index (κ2) is 8.76. The highest BCUT2D eigenvalue weighted by molar-refractivity contribution is 5.95. The molecule has 0 fully saturated rings. The van der Waals surface area contributed by atoms with E-state index in [0.29, 0.717) is 11.1 Å². The summed E-state index contributed by atoms with van der Waals surface area (Å²) in [7, 11) is 0. The van der Waals surface area contributed by atoms with Gasteiger partial charge in [0.2, 0.25) is 0 Å². The van der Waals surface area contributed by atoms with Gasteiger partial charge in [0.1, 0.15) is 11.6 Å². The van der Waals surface area contributed by atoms with E-state index in [1.807, 2.05) is 19.9 Å². The fraction of sp³-hybridized carbons (Fsp3) is 0.458. The first kappa shape index (κ1) is 21.9. The van der Waals surface area contributed by atoms with Crippen molar-refractivity contribution in [3.05, 3.63) is 58.2 Å². The van der Waals surface area contributed by atoms with E-state index in [0.717, 1.165) is 12.8 Å². The van der Waals surface area contributed by atoms with E-state index < -0.39 is 5.83 Å². The molecule has 4 heteroatoms. The average Bonchev–Trinajstić information content (AvgIpc) is 2.59. The van der Waals surface area contributed by atoms with Crippen molar-refractivity contribution in [2.45, 2.75) is 66.8 Å². The first-order valence-corrected chi connectivity index (χ1v) is 9.92. The zero-order chi connectivity index (χ0) is 21.1. The number of amides is 1. The molecule has 0 spiro atoms. The van der Waals surface area contributed by atoms with Crippen molar-refractivity contribution in [2.75, 3.05) is 0 Å². The smallest absolute Gasteiger partial charge is 0.251 e. The Balaban J connectivity index is 2.29. The van der Waals surface area contributed by atoms with Gasteiger partial charge in [0.25, 0.3) is 5.91 Å². The van der Waals surface area contributed by atoms with Gasteiger partial charge in [-0.15, -0.1) is 0 Å². The molecule has 0 saturated carbocycles. The van der Waals surface area contributed by atoms with Gasteiger partial charge >= 0.3 is 0 Å². The van der Waals surface area contributed by atoms with Crippen LogP contribution in [0.25, 0.3) is 5.83 Å². The highest BCUT2D eigenvalue weighted by atomic mass is 19.1. The molecule has 0 bridgehead atoms. The van der Waals surface area contributed by atoms with Crippen LogP contribution in [0.2, 0.25) is 0 Å². The molecule has 1 aromatic rings. The van der Waals surface area contributed by atoms with E-state index in [1.54, 1.807) is 13.0 Å². The van der Waals surface area contributed by atoms with Gasteiger partial charge < -0.3 is 10.4 Å². The number of carbonyl (C=O) groups is 1. The second-order valence-corrected chi connectivity index (χ2v) is 8.62. The van der Waals surface area contributed by atoms with E-state index >= 15 is 0 Å². The summed E-state index contributed by atoms with van der Waals surface area (Å²) in [6, 6.07) is 4.27. The topological polar surface area (TPSA) is 49.3 Å². The minimum atomic E-state index is -0.489. The third-order valence-electron chi connectivity index (χ3n) is 5.30. The summed E-state index contributed by atoms with van der Waals surface area (Å²) in [5, 5.41) is 13.0. The van der Waals surface area contributed by atoms with Crippen molar-refractivity contribution >= 4 is 11.7 Å². The predicted molar refractivity (Wildman–Crippen MR) is 114 cm³/mol. The lowest BCUT2D eigenvalue weighted by Crippen LogP contribution is -2.30. The SMILES string of the molecule is CC1=C(/C=C/C(C)=C(\F)c2ccc(C(=O)NC(C)C)cc2O)C(C)(C)CCC1. The molecule has 0 aliphatic heterocycles. The molecule has 1 aliphatic carbocycles. The molecule has 0 saturated heterocycles. The van der Waals surface area contributed by atoms with Crippen LogP contribution >= 0.6 is 0 Å². The molecule has 0 unspecified atom stereocenters. The van der Waals surface area contributed by atoms with E-state index in [-0.39, 0.29) is 28.7 Å². The summed E-state index contributed by atoms with van der Waals surface area (Å²) in [6.45, 7) is 12.0. The van der Waals surface area contributed by atoms with Crippen molar-refractivity contribution in [1.29, 1.82) is 0 Å².